The van der Waals surface area contributed by atoms with Gasteiger partial charge in [0.1, 0.15) is 0 Å². The van der Waals surface area contributed by atoms with E-state index in [-0.39, 0.29) is 5.54 Å². The highest BCUT2D eigenvalue weighted by atomic mass is 16.5. The van der Waals surface area contributed by atoms with E-state index in [4.69, 9.17) is 4.74 Å². The van der Waals surface area contributed by atoms with Crippen LogP contribution in [0.25, 0.3) is 0 Å². The average molecular weight is 292 g/mol. The van der Waals surface area contributed by atoms with Gasteiger partial charge in [0.25, 0.3) is 0 Å². The fourth-order valence-corrected chi connectivity index (χ4v) is 2.54. The first-order valence-electron chi connectivity index (χ1n) is 7.79. The minimum absolute atomic E-state index is 0.101. The first-order chi connectivity index (χ1) is 9.98. The molecular weight excluding hydrogens is 264 g/mol. The highest BCUT2D eigenvalue weighted by molar-refractivity contribution is 5.37. The molecule has 0 aromatic carbocycles. The molecule has 1 N–H and O–H groups in total. The van der Waals surface area contributed by atoms with Gasteiger partial charge >= 0.3 is 0 Å². The van der Waals surface area contributed by atoms with Gasteiger partial charge in [-0.25, -0.2) is 0 Å². The molecule has 0 amide bonds. The summed E-state index contributed by atoms with van der Waals surface area (Å²) < 4.78 is 5.24. The van der Waals surface area contributed by atoms with Gasteiger partial charge in [0, 0.05) is 38.9 Å². The van der Waals surface area contributed by atoms with Gasteiger partial charge in [-0.3, -0.25) is 0 Å². The van der Waals surface area contributed by atoms with Crippen molar-refractivity contribution in [2.75, 3.05) is 31.7 Å². The van der Waals surface area contributed by atoms with Gasteiger partial charge < -0.3 is 15.0 Å². The lowest BCUT2D eigenvalue weighted by Gasteiger charge is -2.32. The number of ether oxygens (including phenoxy) is 1. The molecule has 1 aromatic rings. The SMILES string of the molecule is COCC1CCN(c2ccc(CNC(C)(C)C)nn2)CC1. The second-order valence-corrected chi connectivity index (χ2v) is 6.87. The van der Waals surface area contributed by atoms with E-state index in [0.29, 0.717) is 5.92 Å². The Morgan fingerprint density at radius 2 is 1.95 bits per heavy atom. The van der Waals surface area contributed by atoms with Gasteiger partial charge in [-0.15, -0.1) is 5.10 Å². The molecule has 1 fully saturated rings. The van der Waals surface area contributed by atoms with Crippen LogP contribution in [0.2, 0.25) is 0 Å². The minimum Gasteiger partial charge on any atom is -0.384 e. The zero-order valence-electron chi connectivity index (χ0n) is 13.7. The summed E-state index contributed by atoms with van der Waals surface area (Å²) >= 11 is 0. The molecule has 2 rings (SSSR count). The Hall–Kier alpha value is -1.20. The van der Waals surface area contributed by atoms with Crippen LogP contribution in [0.1, 0.15) is 39.3 Å². The number of nitrogens with one attached hydrogen (secondary N) is 1. The molecule has 0 bridgehead atoms. The normalized spacial score (nSPS) is 17.2. The molecule has 2 heterocycles. The number of methoxy groups -OCH3 is 1. The van der Waals surface area contributed by atoms with Gasteiger partial charge in [0.15, 0.2) is 5.82 Å². The molecule has 0 unspecified atom stereocenters. The van der Waals surface area contributed by atoms with Crippen LogP contribution in [-0.2, 0) is 11.3 Å². The van der Waals surface area contributed by atoms with E-state index in [1.165, 1.54) is 12.8 Å². The quantitative estimate of drug-likeness (QED) is 0.902. The summed E-state index contributed by atoms with van der Waals surface area (Å²) in [6.07, 6.45) is 2.34. The minimum atomic E-state index is 0.101. The van der Waals surface area contributed by atoms with Crippen LogP contribution in [-0.4, -0.2) is 42.5 Å². The molecule has 0 spiro atoms. The third-order valence-electron chi connectivity index (χ3n) is 3.85. The number of hydrogen-bond donors (Lipinski definition) is 1. The number of piperidine rings is 1. The van der Waals surface area contributed by atoms with Crippen LogP contribution in [0, 0.1) is 5.92 Å². The smallest absolute Gasteiger partial charge is 0.151 e. The zero-order valence-corrected chi connectivity index (χ0v) is 13.7. The van der Waals surface area contributed by atoms with Gasteiger partial charge in [0.05, 0.1) is 5.69 Å². The maximum absolute atomic E-state index is 5.24. The van der Waals surface area contributed by atoms with Crippen molar-refractivity contribution in [1.82, 2.24) is 15.5 Å². The number of rotatable bonds is 5. The standard InChI is InChI=1S/C16H28N4O/c1-16(2,3)17-11-14-5-6-15(19-18-14)20-9-7-13(8-10-20)12-21-4/h5-6,13,17H,7-12H2,1-4H3. The van der Waals surface area contributed by atoms with Crippen LogP contribution < -0.4 is 10.2 Å². The van der Waals surface area contributed by atoms with Gasteiger partial charge in [0.2, 0.25) is 0 Å². The largest absolute Gasteiger partial charge is 0.384 e. The molecule has 0 atom stereocenters. The summed E-state index contributed by atoms with van der Waals surface area (Å²) in [5.41, 5.74) is 1.09. The van der Waals surface area contributed by atoms with Crippen molar-refractivity contribution in [2.45, 2.75) is 45.7 Å². The number of hydrogen-bond acceptors (Lipinski definition) is 5. The lowest BCUT2D eigenvalue weighted by Crippen LogP contribution is -2.36. The predicted octanol–water partition coefficient (Wildman–Crippen LogP) is 2.23. The molecule has 0 radical (unpaired) electrons. The Labute approximate surface area is 128 Å². The van der Waals surface area contributed by atoms with E-state index in [0.717, 1.165) is 37.8 Å². The van der Waals surface area contributed by atoms with Crippen LogP contribution in [0.5, 0.6) is 0 Å². The maximum Gasteiger partial charge on any atom is 0.151 e. The summed E-state index contributed by atoms with van der Waals surface area (Å²) in [6.45, 7) is 10.2. The molecule has 1 aliphatic rings. The molecular formula is C16H28N4O. The fourth-order valence-electron chi connectivity index (χ4n) is 2.54. The fraction of sp³-hybridized carbons (Fsp3) is 0.750. The summed E-state index contributed by atoms with van der Waals surface area (Å²) in [7, 11) is 1.78. The van der Waals surface area contributed by atoms with Crippen molar-refractivity contribution < 1.29 is 4.74 Å². The predicted molar refractivity (Wildman–Crippen MR) is 85.4 cm³/mol. The zero-order chi connectivity index (χ0) is 15.3. The van der Waals surface area contributed by atoms with Gasteiger partial charge in [-0.1, -0.05) is 0 Å². The molecule has 118 valence electrons. The van der Waals surface area contributed by atoms with Crippen LogP contribution in [0.15, 0.2) is 12.1 Å². The van der Waals surface area contributed by atoms with Crippen molar-refractivity contribution in [3.8, 4) is 0 Å². The van der Waals surface area contributed by atoms with Crippen molar-refractivity contribution in [3.05, 3.63) is 17.8 Å². The number of nitrogens with zero attached hydrogens (tertiary/aromatic N) is 3. The Morgan fingerprint density at radius 3 is 2.48 bits per heavy atom. The van der Waals surface area contributed by atoms with Gasteiger partial charge in [-0.05, 0) is 51.7 Å². The Bertz CT molecular complexity index is 419. The second kappa shape index (κ2) is 7.18. The molecule has 1 aromatic heterocycles. The summed E-state index contributed by atoms with van der Waals surface area (Å²) in [6, 6.07) is 4.16. The third-order valence-corrected chi connectivity index (χ3v) is 3.85. The van der Waals surface area contributed by atoms with E-state index in [1.807, 2.05) is 0 Å². The van der Waals surface area contributed by atoms with Crippen molar-refractivity contribution >= 4 is 5.82 Å². The van der Waals surface area contributed by atoms with Crippen LogP contribution >= 0.6 is 0 Å². The van der Waals surface area contributed by atoms with Crippen LogP contribution in [0.3, 0.4) is 0 Å². The lowest BCUT2D eigenvalue weighted by atomic mass is 9.98. The summed E-state index contributed by atoms with van der Waals surface area (Å²) in [5, 5.41) is 12.1. The topological polar surface area (TPSA) is 50.3 Å². The third kappa shape index (κ3) is 5.25. The van der Waals surface area contributed by atoms with Crippen molar-refractivity contribution in [2.24, 2.45) is 5.92 Å². The summed E-state index contributed by atoms with van der Waals surface area (Å²) in [5.74, 6) is 1.68. The van der Waals surface area contributed by atoms with E-state index in [1.54, 1.807) is 7.11 Å². The number of aromatic nitrogens is 2. The molecule has 0 saturated carbocycles. The lowest BCUT2D eigenvalue weighted by molar-refractivity contribution is 0.139. The second-order valence-electron chi connectivity index (χ2n) is 6.87. The molecule has 1 aliphatic heterocycles. The maximum atomic E-state index is 5.24. The van der Waals surface area contributed by atoms with Crippen molar-refractivity contribution in [3.63, 3.8) is 0 Å². The first kappa shape index (κ1) is 16.2. The van der Waals surface area contributed by atoms with E-state index < -0.39 is 0 Å². The van der Waals surface area contributed by atoms with E-state index >= 15 is 0 Å². The highest BCUT2D eigenvalue weighted by Gasteiger charge is 2.20. The molecule has 1 saturated heterocycles. The molecule has 0 aliphatic carbocycles. The number of anilines is 1. The summed E-state index contributed by atoms with van der Waals surface area (Å²) in [4.78, 5) is 2.32. The Kier molecular flexibility index (Phi) is 5.53. The molecule has 21 heavy (non-hydrogen) atoms. The Morgan fingerprint density at radius 1 is 1.24 bits per heavy atom. The van der Waals surface area contributed by atoms with Crippen molar-refractivity contribution in [1.29, 1.82) is 0 Å². The molecule has 5 heteroatoms. The monoisotopic (exact) mass is 292 g/mol. The van der Waals surface area contributed by atoms with Crippen LogP contribution in [0.4, 0.5) is 5.82 Å². The first-order valence-corrected chi connectivity index (χ1v) is 7.79. The van der Waals surface area contributed by atoms with E-state index in [9.17, 15) is 0 Å². The van der Waals surface area contributed by atoms with E-state index in [2.05, 4.69) is 53.3 Å². The molecule has 5 nitrogen and oxygen atoms in total. The van der Waals surface area contributed by atoms with Gasteiger partial charge in [-0.2, -0.15) is 5.10 Å². The average Bonchev–Trinajstić information content (AvgIpc) is 2.46. The Balaban J connectivity index is 1.85. The highest BCUT2D eigenvalue weighted by Crippen LogP contribution is 2.21.